The summed E-state index contributed by atoms with van der Waals surface area (Å²) in [5.74, 6) is 0.587. The average molecular weight is 332 g/mol. The van der Waals surface area contributed by atoms with Gasteiger partial charge in [-0.15, -0.1) is 0 Å². The number of ether oxygens (including phenoxy) is 3. The minimum atomic E-state index is -0.538. The van der Waals surface area contributed by atoms with Crippen molar-refractivity contribution in [1.29, 1.82) is 0 Å². The Kier molecular flexibility index (Phi) is 5.17. The molecule has 0 saturated carbocycles. The average Bonchev–Trinajstić information content (AvgIpc) is 2.82. The summed E-state index contributed by atoms with van der Waals surface area (Å²) in [4.78, 5) is 11.8. The molecule has 6 heteroatoms. The van der Waals surface area contributed by atoms with Gasteiger partial charge in [-0.25, -0.2) is 9.48 Å². The lowest BCUT2D eigenvalue weighted by Gasteiger charge is -2.20. The van der Waals surface area contributed by atoms with Crippen LogP contribution in [0.5, 0.6) is 11.5 Å². The molecule has 0 aliphatic heterocycles. The maximum absolute atomic E-state index is 11.8. The molecule has 130 valence electrons. The van der Waals surface area contributed by atoms with E-state index in [2.05, 4.69) is 5.10 Å². The molecule has 0 aliphatic carbocycles. The maximum Gasteiger partial charge on any atom is 0.344 e. The van der Waals surface area contributed by atoms with Crippen LogP contribution in [0.3, 0.4) is 0 Å². The molecular weight excluding hydrogens is 308 g/mol. The van der Waals surface area contributed by atoms with Crippen molar-refractivity contribution in [3.63, 3.8) is 0 Å². The Bertz CT molecular complexity index is 729. The Hall–Kier alpha value is -2.50. The monoisotopic (exact) mass is 332 g/mol. The number of methoxy groups -OCH3 is 1. The van der Waals surface area contributed by atoms with Gasteiger partial charge in [-0.1, -0.05) is 0 Å². The van der Waals surface area contributed by atoms with Crippen LogP contribution >= 0.6 is 0 Å². The lowest BCUT2D eigenvalue weighted by atomic mass is 10.2. The van der Waals surface area contributed by atoms with E-state index in [1.807, 2.05) is 57.5 Å². The number of nitrogens with zero attached hydrogens (tertiary/aromatic N) is 2. The Morgan fingerprint density at radius 3 is 2.42 bits per heavy atom. The van der Waals surface area contributed by atoms with E-state index in [1.165, 1.54) is 0 Å². The highest BCUT2D eigenvalue weighted by atomic mass is 16.6. The number of carbonyl (C=O) groups is 1. The summed E-state index contributed by atoms with van der Waals surface area (Å²) in [7, 11) is 1.56. The largest absolute Gasteiger partial charge is 0.493 e. The van der Waals surface area contributed by atoms with Crippen LogP contribution in [0.1, 0.15) is 32.2 Å². The van der Waals surface area contributed by atoms with Crippen molar-refractivity contribution in [2.45, 2.75) is 40.2 Å². The van der Waals surface area contributed by atoms with E-state index in [1.54, 1.807) is 13.2 Å². The Balaban J connectivity index is 2.15. The highest BCUT2D eigenvalue weighted by Gasteiger charge is 2.17. The lowest BCUT2D eigenvalue weighted by Crippen LogP contribution is -2.27. The third kappa shape index (κ3) is 4.50. The van der Waals surface area contributed by atoms with Gasteiger partial charge in [-0.2, -0.15) is 5.10 Å². The maximum atomic E-state index is 11.8. The van der Waals surface area contributed by atoms with Crippen molar-refractivity contribution < 1.29 is 19.0 Å². The summed E-state index contributed by atoms with van der Waals surface area (Å²) in [6.07, 6.45) is 0. The van der Waals surface area contributed by atoms with Crippen molar-refractivity contribution in [3.8, 4) is 17.2 Å². The van der Waals surface area contributed by atoms with Gasteiger partial charge in [0.15, 0.2) is 18.1 Å². The number of hydrogen-bond acceptors (Lipinski definition) is 5. The number of carbonyl (C=O) groups excluding carboxylic acids is 1. The molecule has 1 heterocycles. The van der Waals surface area contributed by atoms with Crippen molar-refractivity contribution in [2.24, 2.45) is 0 Å². The van der Waals surface area contributed by atoms with Gasteiger partial charge in [0.05, 0.1) is 18.5 Å². The third-order valence-electron chi connectivity index (χ3n) is 3.17. The second kappa shape index (κ2) is 6.95. The van der Waals surface area contributed by atoms with E-state index < -0.39 is 11.6 Å². The van der Waals surface area contributed by atoms with E-state index in [9.17, 15) is 4.79 Å². The molecule has 0 unspecified atom stereocenters. The highest BCUT2D eigenvalue weighted by Crippen LogP contribution is 2.30. The third-order valence-corrected chi connectivity index (χ3v) is 3.17. The second-order valence-electron chi connectivity index (χ2n) is 6.55. The summed E-state index contributed by atoms with van der Waals surface area (Å²) >= 11 is 0. The molecule has 2 rings (SSSR count). The molecular formula is C18H24N2O4. The van der Waals surface area contributed by atoms with Gasteiger partial charge >= 0.3 is 5.97 Å². The first kappa shape index (κ1) is 17.8. The summed E-state index contributed by atoms with van der Waals surface area (Å²) in [6.45, 7) is 9.20. The fourth-order valence-corrected chi connectivity index (χ4v) is 2.31. The van der Waals surface area contributed by atoms with Crippen LogP contribution in [-0.4, -0.2) is 35.1 Å². The van der Waals surface area contributed by atoms with Crippen LogP contribution in [0.2, 0.25) is 0 Å². The predicted molar refractivity (Wildman–Crippen MR) is 90.9 cm³/mol. The Labute approximate surface area is 142 Å². The first-order chi connectivity index (χ1) is 11.2. The molecule has 0 N–H and O–H groups in total. The van der Waals surface area contributed by atoms with Gasteiger partial charge in [0, 0.05) is 11.8 Å². The molecule has 1 aromatic carbocycles. The molecule has 0 atom stereocenters. The van der Waals surface area contributed by atoms with Gasteiger partial charge in [0.25, 0.3) is 0 Å². The highest BCUT2D eigenvalue weighted by molar-refractivity contribution is 5.71. The molecule has 0 spiro atoms. The molecule has 0 fully saturated rings. The van der Waals surface area contributed by atoms with E-state index in [-0.39, 0.29) is 6.61 Å². The van der Waals surface area contributed by atoms with Gasteiger partial charge < -0.3 is 14.2 Å². The zero-order valence-electron chi connectivity index (χ0n) is 15.0. The number of hydrogen-bond donors (Lipinski definition) is 0. The smallest absolute Gasteiger partial charge is 0.344 e. The van der Waals surface area contributed by atoms with Crippen LogP contribution < -0.4 is 9.47 Å². The van der Waals surface area contributed by atoms with E-state index >= 15 is 0 Å². The lowest BCUT2D eigenvalue weighted by molar-refractivity contribution is -0.157. The summed E-state index contributed by atoms with van der Waals surface area (Å²) in [6, 6.07) is 7.45. The van der Waals surface area contributed by atoms with Gasteiger partial charge in [0.1, 0.15) is 5.60 Å². The van der Waals surface area contributed by atoms with Crippen LogP contribution in [0.15, 0.2) is 24.3 Å². The van der Waals surface area contributed by atoms with Crippen molar-refractivity contribution in [1.82, 2.24) is 9.78 Å². The quantitative estimate of drug-likeness (QED) is 0.787. The Morgan fingerprint density at radius 2 is 1.88 bits per heavy atom. The number of aromatic nitrogens is 2. The number of rotatable bonds is 5. The van der Waals surface area contributed by atoms with Crippen LogP contribution in [0, 0.1) is 13.8 Å². The molecule has 0 amide bonds. The minimum absolute atomic E-state index is 0.174. The summed E-state index contributed by atoms with van der Waals surface area (Å²) < 4.78 is 18.0. The molecule has 0 aliphatic rings. The Morgan fingerprint density at radius 1 is 1.17 bits per heavy atom. The van der Waals surface area contributed by atoms with Crippen LogP contribution in [0.4, 0.5) is 0 Å². The zero-order chi connectivity index (χ0) is 17.9. The first-order valence-corrected chi connectivity index (χ1v) is 7.76. The zero-order valence-corrected chi connectivity index (χ0v) is 15.0. The topological polar surface area (TPSA) is 62.6 Å². The number of esters is 1. The van der Waals surface area contributed by atoms with Gasteiger partial charge in [0.2, 0.25) is 0 Å². The minimum Gasteiger partial charge on any atom is -0.493 e. The van der Waals surface area contributed by atoms with Crippen LogP contribution in [-0.2, 0) is 9.53 Å². The molecule has 2 aromatic rings. The number of aryl methyl sites for hydroxylation is 2. The molecule has 6 nitrogen and oxygen atoms in total. The van der Waals surface area contributed by atoms with E-state index in [0.29, 0.717) is 11.5 Å². The molecule has 1 aromatic heterocycles. The number of benzene rings is 1. The fraction of sp³-hybridized carbons (Fsp3) is 0.444. The van der Waals surface area contributed by atoms with Gasteiger partial charge in [-0.3, -0.25) is 0 Å². The molecule has 24 heavy (non-hydrogen) atoms. The molecule has 0 radical (unpaired) electrons. The van der Waals surface area contributed by atoms with E-state index in [0.717, 1.165) is 17.1 Å². The standard InChI is InChI=1S/C18H24N2O4/c1-12-9-13(2)20(19-12)14-7-8-15(16(10-14)22-6)23-11-17(21)24-18(3,4)5/h7-10H,11H2,1-6H3. The van der Waals surface area contributed by atoms with Crippen molar-refractivity contribution >= 4 is 5.97 Å². The van der Waals surface area contributed by atoms with Crippen molar-refractivity contribution in [3.05, 3.63) is 35.7 Å². The second-order valence-corrected chi connectivity index (χ2v) is 6.55. The first-order valence-electron chi connectivity index (χ1n) is 7.76. The fourth-order valence-electron chi connectivity index (χ4n) is 2.31. The molecule has 0 saturated heterocycles. The summed E-state index contributed by atoms with van der Waals surface area (Å²) in [5, 5.41) is 4.45. The van der Waals surface area contributed by atoms with Gasteiger partial charge in [-0.05, 0) is 52.8 Å². The normalized spacial score (nSPS) is 11.2. The van der Waals surface area contributed by atoms with Crippen LogP contribution in [0.25, 0.3) is 5.69 Å². The molecule has 0 bridgehead atoms. The van der Waals surface area contributed by atoms with E-state index in [4.69, 9.17) is 14.2 Å². The van der Waals surface area contributed by atoms with Crippen molar-refractivity contribution in [2.75, 3.05) is 13.7 Å². The summed E-state index contributed by atoms with van der Waals surface area (Å²) in [5.41, 5.74) is 2.29. The predicted octanol–water partition coefficient (Wildman–Crippen LogP) is 3.22. The SMILES string of the molecule is COc1cc(-n2nc(C)cc2C)ccc1OCC(=O)OC(C)(C)C.